The zero-order chi connectivity index (χ0) is 16.4. The van der Waals surface area contributed by atoms with Crippen molar-refractivity contribution in [3.05, 3.63) is 0 Å². The summed E-state index contributed by atoms with van der Waals surface area (Å²) in [7, 11) is 3.16. The number of hydrogen-bond donors (Lipinski definition) is 1. The lowest BCUT2D eigenvalue weighted by atomic mass is 9.94. The Kier molecular flexibility index (Phi) is 5.36. The summed E-state index contributed by atoms with van der Waals surface area (Å²) in [6.07, 6.45) is 1.48. The SMILES string of the molecule is CNC(=O)[C@@H](C)N(C)C(=O)[C@@H]1CCCN1C(=O)C(C)(C)C. The van der Waals surface area contributed by atoms with Crippen molar-refractivity contribution in [1.29, 1.82) is 0 Å². The normalized spacial score (nSPS) is 20.1. The van der Waals surface area contributed by atoms with Crippen LogP contribution in [0.15, 0.2) is 0 Å². The van der Waals surface area contributed by atoms with E-state index in [0.717, 1.165) is 6.42 Å². The molecule has 0 spiro atoms. The number of amides is 3. The molecule has 1 saturated heterocycles. The molecular formula is C15H27N3O3. The fourth-order valence-electron chi connectivity index (χ4n) is 2.51. The molecule has 1 fully saturated rings. The van der Waals surface area contributed by atoms with Gasteiger partial charge in [-0.25, -0.2) is 0 Å². The summed E-state index contributed by atoms with van der Waals surface area (Å²) in [5, 5.41) is 2.54. The van der Waals surface area contributed by atoms with E-state index in [4.69, 9.17) is 0 Å². The molecule has 0 aromatic carbocycles. The van der Waals surface area contributed by atoms with Gasteiger partial charge >= 0.3 is 0 Å². The van der Waals surface area contributed by atoms with Gasteiger partial charge < -0.3 is 15.1 Å². The number of likely N-dealkylation sites (tertiary alicyclic amines) is 1. The Morgan fingerprint density at radius 2 is 1.86 bits per heavy atom. The van der Waals surface area contributed by atoms with Gasteiger partial charge in [0.2, 0.25) is 17.7 Å². The van der Waals surface area contributed by atoms with Crippen LogP contribution >= 0.6 is 0 Å². The van der Waals surface area contributed by atoms with Crippen molar-refractivity contribution in [2.45, 2.75) is 52.6 Å². The molecule has 1 rings (SSSR count). The van der Waals surface area contributed by atoms with E-state index in [1.807, 2.05) is 20.8 Å². The molecule has 0 radical (unpaired) electrons. The van der Waals surface area contributed by atoms with Crippen LogP contribution in [0.1, 0.15) is 40.5 Å². The Labute approximate surface area is 126 Å². The van der Waals surface area contributed by atoms with E-state index in [1.54, 1.807) is 25.9 Å². The van der Waals surface area contributed by atoms with Crippen molar-refractivity contribution >= 4 is 17.7 Å². The van der Waals surface area contributed by atoms with E-state index >= 15 is 0 Å². The van der Waals surface area contributed by atoms with Gasteiger partial charge in [0.05, 0.1) is 0 Å². The van der Waals surface area contributed by atoms with Crippen LogP contribution in [0.25, 0.3) is 0 Å². The molecular weight excluding hydrogens is 270 g/mol. The topological polar surface area (TPSA) is 69.7 Å². The predicted molar refractivity (Wildman–Crippen MR) is 80.5 cm³/mol. The van der Waals surface area contributed by atoms with E-state index in [1.165, 1.54) is 4.90 Å². The van der Waals surface area contributed by atoms with E-state index in [-0.39, 0.29) is 17.7 Å². The van der Waals surface area contributed by atoms with Gasteiger partial charge in [-0.2, -0.15) is 0 Å². The van der Waals surface area contributed by atoms with Crippen molar-refractivity contribution in [3.63, 3.8) is 0 Å². The average Bonchev–Trinajstić information content (AvgIpc) is 2.91. The number of nitrogens with zero attached hydrogens (tertiary/aromatic N) is 2. The molecule has 120 valence electrons. The van der Waals surface area contributed by atoms with Gasteiger partial charge in [0, 0.05) is 26.1 Å². The molecule has 21 heavy (non-hydrogen) atoms. The maximum absolute atomic E-state index is 12.6. The van der Waals surface area contributed by atoms with Crippen LogP contribution in [0.4, 0.5) is 0 Å². The lowest BCUT2D eigenvalue weighted by Gasteiger charge is -2.33. The number of nitrogens with one attached hydrogen (secondary N) is 1. The third-order valence-corrected chi connectivity index (χ3v) is 3.99. The van der Waals surface area contributed by atoms with Gasteiger partial charge in [-0.05, 0) is 19.8 Å². The maximum Gasteiger partial charge on any atom is 0.245 e. The number of likely N-dealkylation sites (N-methyl/N-ethyl adjacent to an activating group) is 2. The Balaban J connectivity index is 2.86. The van der Waals surface area contributed by atoms with E-state index in [2.05, 4.69) is 5.32 Å². The zero-order valence-electron chi connectivity index (χ0n) is 13.9. The molecule has 1 N–H and O–H groups in total. The third-order valence-electron chi connectivity index (χ3n) is 3.99. The standard InChI is InChI=1S/C15H27N3O3/c1-10(12(19)16-5)17(6)13(20)11-8-7-9-18(11)14(21)15(2,3)4/h10-11H,7-9H2,1-6H3,(H,16,19)/t10-,11+/m1/s1. The highest BCUT2D eigenvalue weighted by molar-refractivity contribution is 5.93. The average molecular weight is 297 g/mol. The fourth-order valence-corrected chi connectivity index (χ4v) is 2.51. The lowest BCUT2D eigenvalue weighted by Crippen LogP contribution is -2.53. The molecule has 1 aliphatic heterocycles. The Hall–Kier alpha value is -1.59. The molecule has 0 bridgehead atoms. The summed E-state index contributed by atoms with van der Waals surface area (Å²) in [6.45, 7) is 7.85. The Bertz CT molecular complexity index is 428. The van der Waals surface area contributed by atoms with E-state index in [0.29, 0.717) is 13.0 Å². The van der Waals surface area contributed by atoms with Crippen LogP contribution in [-0.4, -0.2) is 60.2 Å². The molecule has 0 aliphatic carbocycles. The smallest absolute Gasteiger partial charge is 0.245 e. The molecule has 0 unspecified atom stereocenters. The van der Waals surface area contributed by atoms with Gasteiger partial charge in [-0.3, -0.25) is 14.4 Å². The molecule has 6 nitrogen and oxygen atoms in total. The van der Waals surface area contributed by atoms with Crippen LogP contribution in [-0.2, 0) is 14.4 Å². The van der Waals surface area contributed by atoms with Crippen molar-refractivity contribution < 1.29 is 14.4 Å². The molecule has 0 saturated carbocycles. The minimum Gasteiger partial charge on any atom is -0.357 e. The monoisotopic (exact) mass is 297 g/mol. The Morgan fingerprint density at radius 1 is 1.29 bits per heavy atom. The van der Waals surface area contributed by atoms with Crippen LogP contribution in [0.5, 0.6) is 0 Å². The predicted octanol–water partition coefficient (Wildman–Crippen LogP) is 0.616. The summed E-state index contributed by atoms with van der Waals surface area (Å²) in [6, 6.07) is -0.997. The highest BCUT2D eigenvalue weighted by Crippen LogP contribution is 2.26. The van der Waals surface area contributed by atoms with E-state index in [9.17, 15) is 14.4 Å². The first-order chi connectivity index (χ1) is 9.61. The molecule has 0 aromatic rings. The van der Waals surface area contributed by atoms with Crippen LogP contribution in [0, 0.1) is 5.41 Å². The fraction of sp³-hybridized carbons (Fsp3) is 0.800. The molecule has 6 heteroatoms. The molecule has 1 aliphatic rings. The highest BCUT2D eigenvalue weighted by Gasteiger charge is 2.40. The van der Waals surface area contributed by atoms with Crippen molar-refractivity contribution in [2.75, 3.05) is 20.6 Å². The number of carbonyl (C=O) groups is 3. The summed E-state index contributed by atoms with van der Waals surface area (Å²) in [5.41, 5.74) is -0.506. The Morgan fingerprint density at radius 3 is 2.33 bits per heavy atom. The second kappa shape index (κ2) is 6.45. The van der Waals surface area contributed by atoms with Gasteiger partial charge in [0.1, 0.15) is 12.1 Å². The van der Waals surface area contributed by atoms with E-state index < -0.39 is 17.5 Å². The van der Waals surface area contributed by atoms with Gasteiger partial charge in [-0.1, -0.05) is 20.8 Å². The second-order valence-corrected chi connectivity index (χ2v) is 6.65. The molecule has 1 heterocycles. The largest absolute Gasteiger partial charge is 0.357 e. The van der Waals surface area contributed by atoms with Gasteiger partial charge in [-0.15, -0.1) is 0 Å². The second-order valence-electron chi connectivity index (χ2n) is 6.65. The van der Waals surface area contributed by atoms with Gasteiger partial charge in [0.25, 0.3) is 0 Å². The molecule has 3 amide bonds. The van der Waals surface area contributed by atoms with Gasteiger partial charge in [0.15, 0.2) is 0 Å². The first-order valence-corrected chi connectivity index (χ1v) is 7.40. The third kappa shape index (κ3) is 3.74. The lowest BCUT2D eigenvalue weighted by molar-refractivity contribution is -0.149. The summed E-state index contributed by atoms with van der Waals surface area (Å²) >= 11 is 0. The van der Waals surface area contributed by atoms with Crippen molar-refractivity contribution in [2.24, 2.45) is 5.41 Å². The highest BCUT2D eigenvalue weighted by atomic mass is 16.2. The van der Waals surface area contributed by atoms with Crippen molar-refractivity contribution in [3.8, 4) is 0 Å². The van der Waals surface area contributed by atoms with Crippen LogP contribution < -0.4 is 5.32 Å². The molecule has 0 aromatic heterocycles. The first kappa shape index (κ1) is 17.5. The summed E-state index contributed by atoms with van der Waals surface area (Å²) in [4.78, 5) is 39.8. The minimum absolute atomic E-state index is 0.0145. The first-order valence-electron chi connectivity index (χ1n) is 7.40. The molecule has 2 atom stereocenters. The number of hydrogen-bond acceptors (Lipinski definition) is 3. The van der Waals surface area contributed by atoms with Crippen LogP contribution in [0.2, 0.25) is 0 Å². The maximum atomic E-state index is 12.6. The van der Waals surface area contributed by atoms with Crippen molar-refractivity contribution in [1.82, 2.24) is 15.1 Å². The zero-order valence-corrected chi connectivity index (χ0v) is 13.9. The number of rotatable bonds is 3. The quantitative estimate of drug-likeness (QED) is 0.830. The summed E-state index contributed by atoms with van der Waals surface area (Å²) < 4.78 is 0. The van der Waals surface area contributed by atoms with Crippen LogP contribution in [0.3, 0.4) is 0 Å². The number of carbonyl (C=O) groups excluding carboxylic acids is 3. The summed E-state index contributed by atoms with van der Waals surface area (Å²) in [5.74, 6) is -0.391. The minimum atomic E-state index is -0.547.